The highest BCUT2D eigenvalue weighted by Gasteiger charge is 2.37. The van der Waals surface area contributed by atoms with Crippen molar-refractivity contribution in [1.29, 1.82) is 0 Å². The van der Waals surface area contributed by atoms with Gasteiger partial charge in [0.1, 0.15) is 11.6 Å². The van der Waals surface area contributed by atoms with E-state index in [0.29, 0.717) is 30.2 Å². The van der Waals surface area contributed by atoms with E-state index in [0.717, 1.165) is 37.5 Å². The van der Waals surface area contributed by atoms with Crippen LogP contribution in [0.25, 0.3) is 11.0 Å². The quantitative estimate of drug-likeness (QED) is 0.865. The molecular weight excluding hydrogens is 354 g/mol. The summed E-state index contributed by atoms with van der Waals surface area (Å²) in [6.07, 6.45) is 1.02. The van der Waals surface area contributed by atoms with Crippen LogP contribution in [0.4, 0.5) is 4.39 Å². The fourth-order valence-corrected chi connectivity index (χ4v) is 3.60. The van der Waals surface area contributed by atoms with Gasteiger partial charge in [-0.3, -0.25) is 4.79 Å². The van der Waals surface area contributed by atoms with Gasteiger partial charge >= 0.3 is 0 Å². The predicted molar refractivity (Wildman–Crippen MR) is 95.3 cm³/mol. The summed E-state index contributed by atoms with van der Waals surface area (Å²) in [6, 6.07) is 4.48. The van der Waals surface area contributed by atoms with Gasteiger partial charge in [0.25, 0.3) is 0 Å². The first kappa shape index (κ1) is 19.0. The van der Waals surface area contributed by atoms with E-state index < -0.39 is 0 Å². The lowest BCUT2D eigenvalue weighted by Gasteiger charge is -2.17. The smallest absolute Gasteiger partial charge is 0.223 e. The Balaban J connectivity index is 0.00000104. The number of carbonyl (C=O) groups is 1. The van der Waals surface area contributed by atoms with E-state index in [1.807, 2.05) is 4.90 Å². The van der Waals surface area contributed by atoms with Gasteiger partial charge in [-0.15, -0.1) is 24.8 Å². The molecule has 0 saturated carbocycles. The molecule has 2 saturated heterocycles. The highest BCUT2D eigenvalue weighted by molar-refractivity contribution is 5.85. The third-order valence-electron chi connectivity index (χ3n) is 4.81. The average Bonchev–Trinajstić information content (AvgIpc) is 3.17. The summed E-state index contributed by atoms with van der Waals surface area (Å²) in [5, 5.41) is 3.38. The first-order valence-electron chi connectivity index (χ1n) is 7.81. The van der Waals surface area contributed by atoms with Gasteiger partial charge in [-0.05, 0) is 30.0 Å². The fourth-order valence-electron chi connectivity index (χ4n) is 3.60. The number of imidazole rings is 1. The largest absolute Gasteiger partial charge is 0.342 e. The number of rotatable bonds is 3. The molecule has 1 amide bonds. The lowest BCUT2D eigenvalue weighted by Crippen LogP contribution is -2.32. The van der Waals surface area contributed by atoms with E-state index in [1.165, 1.54) is 12.1 Å². The van der Waals surface area contributed by atoms with Crippen LogP contribution in [-0.4, -0.2) is 47.0 Å². The molecule has 24 heavy (non-hydrogen) atoms. The zero-order valence-electron chi connectivity index (χ0n) is 13.1. The van der Waals surface area contributed by atoms with Crippen molar-refractivity contribution in [3.05, 3.63) is 29.8 Å². The molecule has 132 valence electrons. The maximum Gasteiger partial charge on any atom is 0.223 e. The van der Waals surface area contributed by atoms with Crippen LogP contribution in [0, 0.1) is 17.7 Å². The Morgan fingerprint density at radius 3 is 2.67 bits per heavy atom. The van der Waals surface area contributed by atoms with Crippen molar-refractivity contribution in [3.8, 4) is 0 Å². The standard InChI is InChI=1S/C16H19FN4O.2ClH/c17-12-1-2-13-14(5-12)20-15(19-13)3-4-16(22)21-8-10-6-18-7-11(10)9-21;;/h1-2,5,10-11,18H,3-4,6-9H2,(H,19,20);2*1H/t10-,11+;;. The number of halogens is 3. The first-order chi connectivity index (χ1) is 10.7. The molecule has 3 heterocycles. The molecule has 0 spiro atoms. The van der Waals surface area contributed by atoms with E-state index in [-0.39, 0.29) is 36.5 Å². The van der Waals surface area contributed by atoms with Crippen molar-refractivity contribution < 1.29 is 9.18 Å². The molecule has 2 fully saturated rings. The monoisotopic (exact) mass is 374 g/mol. The molecule has 0 aliphatic carbocycles. The number of aryl methyl sites for hydroxylation is 1. The average molecular weight is 375 g/mol. The van der Waals surface area contributed by atoms with Crippen molar-refractivity contribution in [2.75, 3.05) is 26.2 Å². The van der Waals surface area contributed by atoms with Gasteiger partial charge in [-0.25, -0.2) is 9.37 Å². The number of fused-ring (bicyclic) bond motifs is 2. The highest BCUT2D eigenvalue weighted by Crippen LogP contribution is 2.26. The minimum absolute atomic E-state index is 0. The number of nitrogens with one attached hydrogen (secondary N) is 2. The Kier molecular flexibility index (Phi) is 6.06. The fraction of sp³-hybridized carbons (Fsp3) is 0.500. The van der Waals surface area contributed by atoms with E-state index >= 15 is 0 Å². The predicted octanol–water partition coefficient (Wildman–Crippen LogP) is 2.16. The second kappa shape index (κ2) is 7.68. The molecule has 0 bridgehead atoms. The Morgan fingerprint density at radius 2 is 1.96 bits per heavy atom. The molecule has 2 atom stereocenters. The molecular formula is C16H21Cl2FN4O. The van der Waals surface area contributed by atoms with Gasteiger partial charge < -0.3 is 15.2 Å². The second-order valence-electron chi connectivity index (χ2n) is 6.32. The lowest BCUT2D eigenvalue weighted by molar-refractivity contribution is -0.130. The summed E-state index contributed by atoms with van der Waals surface area (Å²) in [6.45, 7) is 3.82. The normalized spacial score (nSPS) is 22.1. The zero-order chi connectivity index (χ0) is 15.1. The summed E-state index contributed by atoms with van der Waals surface area (Å²) in [5.74, 6) is 1.91. The number of amides is 1. The topological polar surface area (TPSA) is 61.0 Å². The molecule has 2 aromatic rings. The van der Waals surface area contributed by atoms with Gasteiger partial charge in [0, 0.05) is 39.0 Å². The van der Waals surface area contributed by atoms with Crippen molar-refractivity contribution >= 4 is 41.8 Å². The summed E-state index contributed by atoms with van der Waals surface area (Å²) in [7, 11) is 0. The molecule has 5 nitrogen and oxygen atoms in total. The Morgan fingerprint density at radius 1 is 1.25 bits per heavy atom. The number of carbonyl (C=O) groups excluding carboxylic acids is 1. The number of H-pyrrole nitrogens is 1. The Labute approximate surface area is 152 Å². The van der Waals surface area contributed by atoms with Crippen LogP contribution in [0.3, 0.4) is 0 Å². The van der Waals surface area contributed by atoms with Gasteiger partial charge in [0.2, 0.25) is 5.91 Å². The molecule has 2 aliphatic heterocycles. The molecule has 1 aromatic carbocycles. The summed E-state index contributed by atoms with van der Waals surface area (Å²) in [5.41, 5.74) is 1.43. The van der Waals surface area contributed by atoms with Gasteiger partial charge in [0.05, 0.1) is 11.0 Å². The van der Waals surface area contributed by atoms with E-state index in [2.05, 4.69) is 15.3 Å². The number of benzene rings is 1. The van der Waals surface area contributed by atoms with Crippen molar-refractivity contribution in [1.82, 2.24) is 20.2 Å². The van der Waals surface area contributed by atoms with E-state index in [9.17, 15) is 9.18 Å². The Hall–Kier alpha value is -1.37. The van der Waals surface area contributed by atoms with Crippen LogP contribution in [0.5, 0.6) is 0 Å². The molecule has 8 heteroatoms. The van der Waals surface area contributed by atoms with Gasteiger partial charge in [-0.1, -0.05) is 0 Å². The number of hydrogen-bond donors (Lipinski definition) is 2. The van der Waals surface area contributed by atoms with Gasteiger partial charge in [0.15, 0.2) is 0 Å². The summed E-state index contributed by atoms with van der Waals surface area (Å²) >= 11 is 0. The van der Waals surface area contributed by atoms with Crippen molar-refractivity contribution in [2.45, 2.75) is 12.8 Å². The van der Waals surface area contributed by atoms with Crippen LogP contribution in [0.2, 0.25) is 0 Å². The van der Waals surface area contributed by atoms with Crippen LogP contribution < -0.4 is 5.32 Å². The highest BCUT2D eigenvalue weighted by atomic mass is 35.5. The first-order valence-corrected chi connectivity index (χ1v) is 7.81. The molecule has 4 rings (SSSR count). The third-order valence-corrected chi connectivity index (χ3v) is 4.81. The Bertz CT molecular complexity index is 711. The number of likely N-dealkylation sites (tertiary alicyclic amines) is 1. The minimum atomic E-state index is -0.281. The van der Waals surface area contributed by atoms with Crippen molar-refractivity contribution in [2.24, 2.45) is 11.8 Å². The SMILES string of the molecule is Cl.Cl.O=C(CCc1nc2ccc(F)cc2[nH]1)N1C[C@H]2CNC[C@H]2C1. The number of nitrogens with zero attached hydrogens (tertiary/aromatic N) is 2. The molecule has 0 radical (unpaired) electrons. The summed E-state index contributed by atoms with van der Waals surface area (Å²) < 4.78 is 13.2. The number of hydrogen-bond acceptors (Lipinski definition) is 3. The number of aromatic amines is 1. The zero-order valence-corrected chi connectivity index (χ0v) is 14.8. The van der Waals surface area contributed by atoms with Crippen LogP contribution in [-0.2, 0) is 11.2 Å². The molecule has 2 N–H and O–H groups in total. The van der Waals surface area contributed by atoms with Gasteiger partial charge in [-0.2, -0.15) is 0 Å². The maximum absolute atomic E-state index is 13.2. The summed E-state index contributed by atoms with van der Waals surface area (Å²) in [4.78, 5) is 21.8. The second-order valence-corrected chi connectivity index (χ2v) is 6.32. The number of aromatic nitrogens is 2. The van der Waals surface area contributed by atoms with E-state index in [4.69, 9.17) is 0 Å². The van der Waals surface area contributed by atoms with Crippen LogP contribution in [0.15, 0.2) is 18.2 Å². The van der Waals surface area contributed by atoms with Crippen molar-refractivity contribution in [3.63, 3.8) is 0 Å². The molecule has 0 unspecified atom stereocenters. The molecule has 1 aromatic heterocycles. The molecule has 2 aliphatic rings. The maximum atomic E-state index is 13.2. The minimum Gasteiger partial charge on any atom is -0.342 e. The van der Waals surface area contributed by atoms with E-state index in [1.54, 1.807) is 6.07 Å². The lowest BCUT2D eigenvalue weighted by atomic mass is 10.0. The van der Waals surface area contributed by atoms with Crippen LogP contribution >= 0.6 is 24.8 Å². The third kappa shape index (κ3) is 3.66. The van der Waals surface area contributed by atoms with Crippen LogP contribution in [0.1, 0.15) is 12.2 Å².